The van der Waals surface area contributed by atoms with Crippen molar-refractivity contribution in [3.63, 3.8) is 0 Å². The highest BCUT2D eigenvalue weighted by Gasteiger charge is 2.23. The number of fused-ring (bicyclic) bond motifs is 2. The maximum Gasteiger partial charge on any atom is 0.359 e. The van der Waals surface area contributed by atoms with Crippen molar-refractivity contribution in [1.82, 2.24) is 9.78 Å². The van der Waals surface area contributed by atoms with Gasteiger partial charge in [0.15, 0.2) is 12.3 Å². The maximum absolute atomic E-state index is 13.5. The van der Waals surface area contributed by atoms with Crippen LogP contribution in [0, 0.1) is 0 Å². The Morgan fingerprint density at radius 1 is 1.05 bits per heavy atom. The number of carbonyl (C=O) groups is 2. The van der Waals surface area contributed by atoms with Crippen LogP contribution < -0.4 is 15.6 Å². The summed E-state index contributed by atoms with van der Waals surface area (Å²) in [7, 11) is 0. The van der Waals surface area contributed by atoms with E-state index in [9.17, 15) is 14.4 Å². The first-order valence-corrected chi connectivity index (χ1v) is 13.0. The van der Waals surface area contributed by atoms with Crippen molar-refractivity contribution in [2.45, 2.75) is 6.92 Å². The van der Waals surface area contributed by atoms with Gasteiger partial charge >= 0.3 is 5.97 Å². The molecule has 5 rings (SSSR count). The zero-order valence-corrected chi connectivity index (χ0v) is 22.0. The van der Waals surface area contributed by atoms with E-state index >= 15 is 0 Å². The molecule has 186 valence electrons. The van der Waals surface area contributed by atoms with Crippen LogP contribution in [-0.4, -0.2) is 34.9 Å². The number of amides is 1. The molecule has 3 aromatic carbocycles. The van der Waals surface area contributed by atoms with Crippen LogP contribution in [0.5, 0.6) is 5.75 Å². The molecule has 8 nitrogen and oxygen atoms in total. The number of esters is 1. The van der Waals surface area contributed by atoms with Crippen LogP contribution in [0.25, 0.3) is 27.2 Å². The number of ether oxygens (including phenoxy) is 2. The van der Waals surface area contributed by atoms with Gasteiger partial charge in [-0.05, 0) is 54.1 Å². The van der Waals surface area contributed by atoms with Crippen molar-refractivity contribution >= 4 is 65.7 Å². The normalized spacial score (nSPS) is 11.0. The van der Waals surface area contributed by atoms with Crippen molar-refractivity contribution in [3.05, 3.63) is 92.6 Å². The molecule has 0 saturated carbocycles. The van der Waals surface area contributed by atoms with Crippen molar-refractivity contribution in [2.24, 2.45) is 0 Å². The fourth-order valence-corrected chi connectivity index (χ4v) is 5.04. The largest absolute Gasteiger partial charge is 0.484 e. The van der Waals surface area contributed by atoms with Gasteiger partial charge in [0.05, 0.1) is 17.7 Å². The van der Waals surface area contributed by atoms with Gasteiger partial charge in [0.2, 0.25) is 0 Å². The molecule has 0 spiro atoms. The highest BCUT2D eigenvalue weighted by Crippen LogP contribution is 2.31. The summed E-state index contributed by atoms with van der Waals surface area (Å²) < 4.78 is 12.8. The van der Waals surface area contributed by atoms with Gasteiger partial charge in [-0.1, -0.05) is 46.3 Å². The summed E-state index contributed by atoms with van der Waals surface area (Å²) in [4.78, 5) is 38.9. The van der Waals surface area contributed by atoms with Gasteiger partial charge in [-0.25, -0.2) is 4.79 Å². The van der Waals surface area contributed by atoms with Crippen LogP contribution in [0.1, 0.15) is 17.4 Å². The predicted molar refractivity (Wildman–Crippen MR) is 147 cm³/mol. The number of nitrogens with zero attached hydrogens (tertiary/aromatic N) is 2. The Kier molecular flexibility index (Phi) is 7.02. The molecule has 0 fully saturated rings. The third-order valence-electron chi connectivity index (χ3n) is 5.54. The molecule has 0 aliphatic heterocycles. The average Bonchev–Trinajstić information content (AvgIpc) is 3.32. The molecule has 0 radical (unpaired) electrons. The van der Waals surface area contributed by atoms with E-state index in [2.05, 4.69) is 26.3 Å². The van der Waals surface area contributed by atoms with Gasteiger partial charge in [0.1, 0.15) is 10.8 Å². The van der Waals surface area contributed by atoms with E-state index in [1.807, 2.05) is 36.4 Å². The van der Waals surface area contributed by atoms with E-state index in [1.165, 1.54) is 0 Å². The van der Waals surface area contributed by atoms with Gasteiger partial charge < -0.3 is 14.8 Å². The lowest BCUT2D eigenvalue weighted by Crippen LogP contribution is -2.26. The first-order chi connectivity index (χ1) is 17.9. The van der Waals surface area contributed by atoms with Gasteiger partial charge in [0, 0.05) is 15.2 Å². The van der Waals surface area contributed by atoms with Crippen LogP contribution in [-0.2, 0) is 9.53 Å². The molecule has 0 saturated heterocycles. The molecule has 0 aliphatic carbocycles. The number of thiophene rings is 1. The zero-order valence-electron chi connectivity index (χ0n) is 19.6. The van der Waals surface area contributed by atoms with Gasteiger partial charge in [0.25, 0.3) is 11.5 Å². The minimum absolute atomic E-state index is 0.0106. The first kappa shape index (κ1) is 24.7. The molecule has 0 atom stereocenters. The van der Waals surface area contributed by atoms with Crippen LogP contribution in [0.15, 0.2) is 81.4 Å². The summed E-state index contributed by atoms with van der Waals surface area (Å²) in [6, 6.07) is 20.3. The Balaban J connectivity index is 1.46. The number of nitrogens with one attached hydrogen (secondary N) is 1. The molecular weight excluding hydrogens is 558 g/mol. The Hall–Kier alpha value is -4.02. The summed E-state index contributed by atoms with van der Waals surface area (Å²) in [5, 5.41) is 11.5. The number of benzene rings is 3. The van der Waals surface area contributed by atoms with Crippen LogP contribution in [0.4, 0.5) is 5.00 Å². The lowest BCUT2D eigenvalue weighted by Gasteiger charge is -2.10. The van der Waals surface area contributed by atoms with E-state index < -0.39 is 17.4 Å². The Morgan fingerprint density at radius 3 is 2.57 bits per heavy atom. The topological polar surface area (TPSA) is 99.5 Å². The van der Waals surface area contributed by atoms with E-state index in [4.69, 9.17) is 9.47 Å². The predicted octanol–water partition coefficient (Wildman–Crippen LogP) is 5.56. The smallest absolute Gasteiger partial charge is 0.359 e. The van der Waals surface area contributed by atoms with Crippen molar-refractivity contribution in [3.8, 4) is 11.4 Å². The highest BCUT2D eigenvalue weighted by atomic mass is 79.9. The zero-order chi connectivity index (χ0) is 25.9. The van der Waals surface area contributed by atoms with Gasteiger partial charge in [-0.2, -0.15) is 9.78 Å². The fourth-order valence-electron chi connectivity index (χ4n) is 3.82. The van der Waals surface area contributed by atoms with E-state index in [-0.39, 0.29) is 24.3 Å². The number of halogens is 1. The molecule has 0 aliphatic rings. The quantitative estimate of drug-likeness (QED) is 0.254. The average molecular weight is 578 g/mol. The minimum atomic E-state index is -0.659. The van der Waals surface area contributed by atoms with E-state index in [1.54, 1.807) is 42.6 Å². The number of anilines is 1. The van der Waals surface area contributed by atoms with Gasteiger partial charge in [-0.15, -0.1) is 11.3 Å². The lowest BCUT2D eigenvalue weighted by molar-refractivity contribution is -0.118. The standard InChI is InChI=1S/C27H20BrN3O5S/c1-2-35-27(34)24-21-15-37-25(23(21)26(33)31(30-24)19-10-8-18(28)9-11-19)29-22(32)14-36-20-12-7-16-5-3-4-6-17(16)13-20/h3-13,15H,2,14H2,1H3,(H,29,32). The summed E-state index contributed by atoms with van der Waals surface area (Å²) in [6.07, 6.45) is 0. The SMILES string of the molecule is CCOC(=O)c1nn(-c2ccc(Br)cc2)c(=O)c2c(NC(=O)COc3ccc4ccccc4c3)scc12. The fraction of sp³-hybridized carbons (Fsp3) is 0.111. The summed E-state index contributed by atoms with van der Waals surface area (Å²) in [6.45, 7) is 1.59. The van der Waals surface area contributed by atoms with E-state index in [0.717, 1.165) is 31.3 Å². The summed E-state index contributed by atoms with van der Waals surface area (Å²) in [5.74, 6) is -0.550. The third-order valence-corrected chi connectivity index (χ3v) is 6.96. The molecule has 1 amide bonds. The minimum Gasteiger partial charge on any atom is -0.484 e. The Labute approximate surface area is 223 Å². The second kappa shape index (κ2) is 10.5. The van der Waals surface area contributed by atoms with E-state index in [0.29, 0.717) is 21.8 Å². The second-order valence-electron chi connectivity index (χ2n) is 7.96. The van der Waals surface area contributed by atoms with Crippen molar-refractivity contribution in [1.29, 1.82) is 0 Å². The van der Waals surface area contributed by atoms with Crippen LogP contribution in [0.2, 0.25) is 0 Å². The van der Waals surface area contributed by atoms with Crippen LogP contribution >= 0.6 is 27.3 Å². The van der Waals surface area contributed by atoms with Crippen molar-refractivity contribution in [2.75, 3.05) is 18.5 Å². The molecule has 37 heavy (non-hydrogen) atoms. The highest BCUT2D eigenvalue weighted by molar-refractivity contribution is 9.10. The van der Waals surface area contributed by atoms with Gasteiger partial charge in [-0.3, -0.25) is 9.59 Å². The van der Waals surface area contributed by atoms with Crippen molar-refractivity contribution < 1.29 is 19.1 Å². The molecule has 10 heteroatoms. The summed E-state index contributed by atoms with van der Waals surface area (Å²) in [5.41, 5.74) is -0.0235. The molecule has 0 bridgehead atoms. The lowest BCUT2D eigenvalue weighted by atomic mass is 10.1. The monoisotopic (exact) mass is 577 g/mol. The third kappa shape index (κ3) is 5.11. The second-order valence-corrected chi connectivity index (χ2v) is 9.76. The Bertz CT molecular complexity index is 1690. The molecule has 1 N–H and O–H groups in total. The number of rotatable bonds is 7. The molecule has 2 heterocycles. The number of carbonyl (C=O) groups excluding carboxylic acids is 2. The summed E-state index contributed by atoms with van der Waals surface area (Å²) >= 11 is 4.50. The molecule has 2 aromatic heterocycles. The maximum atomic E-state index is 13.5. The molecular formula is C27H20BrN3O5S. The van der Waals surface area contributed by atoms with Crippen LogP contribution in [0.3, 0.4) is 0 Å². The number of aromatic nitrogens is 2. The Morgan fingerprint density at radius 2 is 1.81 bits per heavy atom. The molecule has 5 aromatic rings. The molecule has 0 unspecified atom stereocenters. The number of hydrogen-bond donors (Lipinski definition) is 1. The number of hydrogen-bond acceptors (Lipinski definition) is 7. The first-order valence-electron chi connectivity index (χ1n) is 11.3.